The molecule has 238 valence electrons. The summed E-state index contributed by atoms with van der Waals surface area (Å²) in [5.41, 5.74) is -2.25. The van der Waals surface area contributed by atoms with E-state index in [4.69, 9.17) is 9.47 Å². The van der Waals surface area contributed by atoms with E-state index in [2.05, 4.69) is 27.4 Å². The third kappa shape index (κ3) is 5.65. The van der Waals surface area contributed by atoms with E-state index >= 15 is 0 Å². The largest absolute Gasteiger partial charge is 0.461 e. The lowest BCUT2D eigenvalue weighted by molar-refractivity contribution is -0.207. The van der Waals surface area contributed by atoms with E-state index in [-0.39, 0.29) is 42.0 Å². The van der Waals surface area contributed by atoms with E-state index in [9.17, 15) is 24.6 Å². The molecule has 42 heavy (non-hydrogen) atoms. The molecule has 2 bridgehead atoms. The molecule has 1 heterocycles. The van der Waals surface area contributed by atoms with Gasteiger partial charge in [-0.05, 0) is 77.2 Å². The minimum absolute atomic E-state index is 0.0850. The number of likely N-dealkylation sites (tertiary alicyclic amines) is 1. The molecule has 0 aromatic heterocycles. The molecule has 0 spiro atoms. The molecule has 2 N–H and O–H groups in total. The molecular formula is C33H54N2O7. The monoisotopic (exact) mass is 590 g/mol. The van der Waals surface area contributed by atoms with E-state index in [1.54, 1.807) is 22.9 Å². The van der Waals surface area contributed by atoms with Crippen LogP contribution in [0.4, 0.5) is 4.79 Å². The summed E-state index contributed by atoms with van der Waals surface area (Å²) in [6, 6.07) is -0.467. The van der Waals surface area contributed by atoms with Crippen molar-refractivity contribution in [2.24, 2.45) is 34.0 Å². The first-order valence-corrected chi connectivity index (χ1v) is 15.8. The second-order valence-corrected chi connectivity index (χ2v) is 15.3. The Morgan fingerprint density at radius 3 is 2.45 bits per heavy atom. The van der Waals surface area contributed by atoms with Crippen molar-refractivity contribution < 1.29 is 34.1 Å². The lowest BCUT2D eigenvalue weighted by Gasteiger charge is -2.61. The third-order valence-electron chi connectivity index (χ3n) is 11.7. The van der Waals surface area contributed by atoms with Gasteiger partial charge in [0.25, 0.3) is 0 Å². The van der Waals surface area contributed by atoms with Gasteiger partial charge in [0.2, 0.25) is 0 Å². The van der Waals surface area contributed by atoms with Gasteiger partial charge in [-0.1, -0.05) is 33.8 Å². The second-order valence-electron chi connectivity index (χ2n) is 15.3. The minimum atomic E-state index is -0.721. The molecule has 9 nitrogen and oxygen atoms in total. The Kier molecular flexibility index (Phi) is 9.03. The van der Waals surface area contributed by atoms with Crippen molar-refractivity contribution in [1.29, 1.82) is 0 Å². The number of carbonyl (C=O) groups excluding carboxylic acids is 3. The van der Waals surface area contributed by atoms with E-state index in [1.165, 1.54) is 0 Å². The third-order valence-corrected chi connectivity index (χ3v) is 11.7. The van der Waals surface area contributed by atoms with Crippen LogP contribution >= 0.6 is 0 Å². The molecule has 3 saturated carbocycles. The first kappa shape index (κ1) is 32.9. The predicted octanol–water partition coefficient (Wildman–Crippen LogP) is 4.20. The van der Waals surface area contributed by atoms with Crippen molar-refractivity contribution in [3.63, 3.8) is 0 Å². The summed E-state index contributed by atoms with van der Waals surface area (Å²) in [5.74, 6) is -0.463. The fourth-order valence-electron chi connectivity index (χ4n) is 8.86. The van der Waals surface area contributed by atoms with Crippen LogP contribution in [0.15, 0.2) is 12.7 Å². The van der Waals surface area contributed by atoms with Gasteiger partial charge in [-0.2, -0.15) is 0 Å². The molecule has 0 aromatic rings. The van der Waals surface area contributed by atoms with Crippen molar-refractivity contribution in [3.05, 3.63) is 12.7 Å². The van der Waals surface area contributed by atoms with Gasteiger partial charge >= 0.3 is 12.1 Å². The van der Waals surface area contributed by atoms with Gasteiger partial charge in [-0.25, -0.2) is 4.79 Å². The van der Waals surface area contributed by atoms with E-state index in [0.717, 1.165) is 19.3 Å². The Bertz CT molecular complexity index is 1070. The van der Waals surface area contributed by atoms with Crippen LogP contribution in [0.25, 0.3) is 0 Å². The molecule has 4 aliphatic rings. The van der Waals surface area contributed by atoms with Crippen LogP contribution in [0.1, 0.15) is 87.0 Å². The van der Waals surface area contributed by atoms with E-state index < -0.39 is 52.8 Å². The van der Waals surface area contributed by atoms with E-state index in [0.29, 0.717) is 25.8 Å². The number of carbonyl (C=O) groups is 3. The van der Waals surface area contributed by atoms with Gasteiger partial charge in [-0.3, -0.25) is 14.5 Å². The number of hydrogen-bond donors (Lipinski definition) is 2. The Balaban J connectivity index is 1.57. The molecule has 4 rings (SSSR count). The molecule has 3 aliphatic carbocycles. The van der Waals surface area contributed by atoms with Crippen molar-refractivity contribution in [2.45, 2.75) is 117 Å². The number of rotatable bonds is 5. The molecule has 1 amide bonds. The van der Waals surface area contributed by atoms with Gasteiger partial charge < -0.3 is 24.6 Å². The first-order valence-electron chi connectivity index (χ1n) is 15.8. The van der Waals surface area contributed by atoms with Crippen LogP contribution in [0, 0.1) is 34.0 Å². The molecule has 10 atom stereocenters. The maximum Gasteiger partial charge on any atom is 0.410 e. The fourth-order valence-corrected chi connectivity index (χ4v) is 8.86. The van der Waals surface area contributed by atoms with Gasteiger partial charge in [0.05, 0.1) is 24.8 Å². The number of hydrogen-bond acceptors (Lipinski definition) is 8. The van der Waals surface area contributed by atoms with Crippen LogP contribution in [-0.4, -0.2) is 94.5 Å². The Hall–Kier alpha value is -1.97. The Morgan fingerprint density at radius 1 is 1.17 bits per heavy atom. The summed E-state index contributed by atoms with van der Waals surface area (Å²) in [6.07, 6.45) is 3.10. The van der Waals surface area contributed by atoms with Crippen LogP contribution < -0.4 is 0 Å². The minimum Gasteiger partial charge on any atom is -0.461 e. The van der Waals surface area contributed by atoms with Crippen LogP contribution in [0.2, 0.25) is 0 Å². The zero-order valence-electron chi connectivity index (χ0n) is 27.0. The summed E-state index contributed by atoms with van der Waals surface area (Å²) in [4.78, 5) is 43.3. The summed E-state index contributed by atoms with van der Waals surface area (Å²) in [5, 5.41) is 22.5. The Labute approximate surface area is 252 Å². The molecule has 1 aliphatic heterocycles. The normalized spacial score (nSPS) is 42.4. The smallest absolute Gasteiger partial charge is 0.410 e. The quantitative estimate of drug-likeness (QED) is 0.362. The number of aliphatic hydroxyl groups is 2. The molecule has 0 radical (unpaired) electrons. The standard InChI is InChI=1S/C33H54N2O7/c1-10-31(7)17-25(32(8)20(2)11-14-33(21(3)28(31)39)15-12-24(37)27(32)33)41-26(38)19-34(9)22-18-35(16-13-23(22)36)29(40)42-30(4,5)6/h10,20-23,25,27-28,36,39H,1,11-19H2,2-9H3/t20?,21-,22?,23?,25+,27?,28?,31+,32-,33?/m0/s1. The maximum absolute atomic E-state index is 13.7. The number of Topliss-reactive ketones (excluding diaryl/α,β-unsaturated/α-hetero) is 1. The molecule has 4 fully saturated rings. The number of ether oxygens (including phenoxy) is 2. The van der Waals surface area contributed by atoms with Crippen LogP contribution in [-0.2, 0) is 19.1 Å². The summed E-state index contributed by atoms with van der Waals surface area (Å²) in [7, 11) is 1.75. The first-order chi connectivity index (χ1) is 19.4. The highest BCUT2D eigenvalue weighted by Gasteiger charge is 2.68. The Morgan fingerprint density at radius 2 is 1.83 bits per heavy atom. The number of likely N-dealkylation sites (N-methyl/N-ethyl adjacent to an activating group) is 1. The average molecular weight is 591 g/mol. The molecular weight excluding hydrogens is 536 g/mol. The summed E-state index contributed by atoms with van der Waals surface area (Å²) >= 11 is 0. The predicted molar refractivity (Wildman–Crippen MR) is 159 cm³/mol. The maximum atomic E-state index is 13.7. The molecule has 1 saturated heterocycles. The molecule has 0 aromatic carbocycles. The number of piperidine rings is 1. The molecule has 6 unspecified atom stereocenters. The van der Waals surface area contributed by atoms with E-state index in [1.807, 2.05) is 27.7 Å². The highest BCUT2D eigenvalue weighted by Crippen LogP contribution is 2.68. The number of amides is 1. The van der Waals surface area contributed by atoms with Crippen molar-refractivity contribution >= 4 is 17.8 Å². The highest BCUT2D eigenvalue weighted by atomic mass is 16.6. The van der Waals surface area contributed by atoms with Gasteiger partial charge in [-0.15, -0.1) is 6.58 Å². The van der Waals surface area contributed by atoms with Crippen molar-refractivity contribution in [3.8, 4) is 0 Å². The SMILES string of the molecule is C=C[C@]1(C)C[C@@H](OC(=O)CN(C)C2CN(C(=O)OC(C)(C)C)CCC2O)[C@]2(C)C(C)CCC3(CCC(=O)C32)[C@@H](C)C1O. The second kappa shape index (κ2) is 11.5. The lowest BCUT2D eigenvalue weighted by Crippen LogP contribution is -2.63. The lowest BCUT2D eigenvalue weighted by atomic mass is 9.44. The number of ketones is 1. The zero-order chi connectivity index (χ0) is 31.4. The average Bonchev–Trinajstić information content (AvgIpc) is 3.26. The fraction of sp³-hybridized carbons (Fsp3) is 0.848. The molecule has 9 heteroatoms. The van der Waals surface area contributed by atoms with Gasteiger partial charge in [0.1, 0.15) is 17.5 Å². The zero-order valence-corrected chi connectivity index (χ0v) is 27.0. The highest BCUT2D eigenvalue weighted by molar-refractivity contribution is 5.85. The van der Waals surface area contributed by atoms with Crippen molar-refractivity contribution in [1.82, 2.24) is 9.80 Å². The van der Waals surface area contributed by atoms with Gasteiger partial charge in [0.15, 0.2) is 0 Å². The van der Waals surface area contributed by atoms with Gasteiger partial charge in [0, 0.05) is 36.3 Å². The summed E-state index contributed by atoms with van der Waals surface area (Å²) < 4.78 is 11.9. The number of esters is 1. The van der Waals surface area contributed by atoms with Crippen LogP contribution in [0.3, 0.4) is 0 Å². The van der Waals surface area contributed by atoms with Crippen molar-refractivity contribution in [2.75, 3.05) is 26.7 Å². The number of nitrogens with zero attached hydrogens (tertiary/aromatic N) is 2. The summed E-state index contributed by atoms with van der Waals surface area (Å²) in [6.45, 7) is 18.4. The topological polar surface area (TPSA) is 117 Å². The number of aliphatic hydroxyl groups excluding tert-OH is 2. The van der Waals surface area contributed by atoms with Crippen LogP contribution in [0.5, 0.6) is 0 Å².